The van der Waals surface area contributed by atoms with Crippen LogP contribution in [0, 0.1) is 0 Å². The van der Waals surface area contributed by atoms with Crippen LogP contribution < -0.4 is 0 Å². The van der Waals surface area contributed by atoms with E-state index >= 15 is 0 Å². The Morgan fingerprint density at radius 2 is 1.57 bits per heavy atom. The molecule has 2 heteroatoms. The number of hydrogen-bond donors (Lipinski definition) is 1. The molecule has 0 heterocycles. The minimum atomic E-state index is -0.914. The molecule has 78 valence electrons. The third-order valence-electron chi connectivity index (χ3n) is 2.90. The molecule has 0 aliphatic heterocycles. The highest BCUT2D eigenvalue weighted by molar-refractivity contribution is 5.24. The van der Waals surface area contributed by atoms with E-state index < -0.39 is 11.2 Å². The van der Waals surface area contributed by atoms with E-state index in [1.54, 1.807) is 21.0 Å². The molecular weight excluding hydrogens is 176 g/mol. The average Bonchev–Trinajstić information content (AvgIpc) is 2.16. The van der Waals surface area contributed by atoms with Crippen LogP contribution in [-0.4, -0.2) is 17.8 Å². The second-order valence-electron chi connectivity index (χ2n) is 4.16. The summed E-state index contributed by atoms with van der Waals surface area (Å²) in [6.45, 7) is 5.40. The van der Waals surface area contributed by atoms with Gasteiger partial charge < -0.3 is 9.84 Å². The van der Waals surface area contributed by atoms with E-state index in [0.29, 0.717) is 0 Å². The highest BCUT2D eigenvalue weighted by atomic mass is 16.5. The van der Waals surface area contributed by atoms with Gasteiger partial charge >= 0.3 is 0 Å². The van der Waals surface area contributed by atoms with Gasteiger partial charge in [0.2, 0.25) is 0 Å². The smallest absolute Gasteiger partial charge is 0.118 e. The van der Waals surface area contributed by atoms with E-state index in [-0.39, 0.29) is 0 Å². The molecule has 1 aromatic rings. The van der Waals surface area contributed by atoms with Gasteiger partial charge in [0, 0.05) is 7.11 Å². The van der Waals surface area contributed by atoms with Crippen LogP contribution in [0.25, 0.3) is 0 Å². The lowest BCUT2D eigenvalue weighted by molar-refractivity contribution is -0.147. The summed E-state index contributed by atoms with van der Waals surface area (Å²) in [7, 11) is 1.62. The fraction of sp³-hybridized carbons (Fsp3) is 0.500. The van der Waals surface area contributed by atoms with Crippen LogP contribution in [0.3, 0.4) is 0 Å². The zero-order valence-electron chi connectivity index (χ0n) is 9.24. The molecule has 1 rings (SSSR count). The van der Waals surface area contributed by atoms with Crippen molar-refractivity contribution in [3.05, 3.63) is 35.9 Å². The number of ether oxygens (including phenoxy) is 1. The van der Waals surface area contributed by atoms with Crippen molar-refractivity contribution in [3.63, 3.8) is 0 Å². The molecule has 0 saturated heterocycles. The van der Waals surface area contributed by atoms with Crippen LogP contribution in [0.5, 0.6) is 0 Å². The summed E-state index contributed by atoms with van der Waals surface area (Å²) in [6, 6.07) is 9.75. The molecule has 1 N–H and O–H groups in total. The maximum atomic E-state index is 10.1. The van der Waals surface area contributed by atoms with Crippen molar-refractivity contribution in [3.8, 4) is 0 Å². The standard InChI is InChI=1S/C12H18O2/c1-11(2,13)12(3,14-4)10-8-6-5-7-9-10/h5-9,13H,1-4H3/t12-/m0/s1. The van der Waals surface area contributed by atoms with E-state index in [9.17, 15) is 5.11 Å². The van der Waals surface area contributed by atoms with Gasteiger partial charge in [-0.2, -0.15) is 0 Å². The average molecular weight is 194 g/mol. The zero-order valence-corrected chi connectivity index (χ0v) is 9.24. The lowest BCUT2D eigenvalue weighted by Crippen LogP contribution is -2.46. The first-order valence-corrected chi connectivity index (χ1v) is 4.75. The normalized spacial score (nSPS) is 16.4. The maximum absolute atomic E-state index is 10.1. The molecule has 0 amide bonds. The Balaban J connectivity index is 3.15. The van der Waals surface area contributed by atoms with Crippen molar-refractivity contribution in [1.82, 2.24) is 0 Å². The molecule has 0 aromatic heterocycles. The molecule has 1 aromatic carbocycles. The molecule has 0 aliphatic carbocycles. The van der Waals surface area contributed by atoms with Crippen molar-refractivity contribution in [2.24, 2.45) is 0 Å². The van der Waals surface area contributed by atoms with E-state index in [1.807, 2.05) is 37.3 Å². The first kappa shape index (κ1) is 11.2. The predicted molar refractivity (Wildman–Crippen MR) is 57.1 cm³/mol. The highest BCUT2D eigenvalue weighted by Crippen LogP contribution is 2.35. The number of benzene rings is 1. The van der Waals surface area contributed by atoms with Gasteiger partial charge in [-0.15, -0.1) is 0 Å². The van der Waals surface area contributed by atoms with Crippen LogP contribution >= 0.6 is 0 Å². The van der Waals surface area contributed by atoms with Crippen LogP contribution in [0.2, 0.25) is 0 Å². The molecule has 0 saturated carbocycles. The largest absolute Gasteiger partial charge is 0.387 e. The maximum Gasteiger partial charge on any atom is 0.118 e. The number of hydrogen-bond acceptors (Lipinski definition) is 2. The zero-order chi connectivity index (χ0) is 10.8. The topological polar surface area (TPSA) is 29.5 Å². The quantitative estimate of drug-likeness (QED) is 0.800. The second-order valence-corrected chi connectivity index (χ2v) is 4.16. The van der Waals surface area contributed by atoms with E-state index in [2.05, 4.69) is 0 Å². The fourth-order valence-electron chi connectivity index (χ4n) is 1.48. The Kier molecular flexibility index (Phi) is 2.98. The first-order chi connectivity index (χ1) is 6.42. The molecule has 0 unspecified atom stereocenters. The Labute approximate surface area is 85.5 Å². The lowest BCUT2D eigenvalue weighted by Gasteiger charge is -2.39. The molecule has 0 spiro atoms. The van der Waals surface area contributed by atoms with Crippen LogP contribution in [-0.2, 0) is 10.3 Å². The summed E-state index contributed by atoms with van der Waals surface area (Å²) >= 11 is 0. The second kappa shape index (κ2) is 3.71. The summed E-state index contributed by atoms with van der Waals surface area (Å²) < 4.78 is 5.44. The lowest BCUT2D eigenvalue weighted by atomic mass is 9.81. The van der Waals surface area contributed by atoms with Crippen molar-refractivity contribution in [2.45, 2.75) is 32.0 Å². The number of aliphatic hydroxyl groups is 1. The number of rotatable bonds is 3. The predicted octanol–water partition coefficient (Wildman–Crippen LogP) is 2.32. The van der Waals surface area contributed by atoms with Crippen LogP contribution in [0.4, 0.5) is 0 Å². The Hall–Kier alpha value is -0.860. The van der Waals surface area contributed by atoms with Gasteiger partial charge in [-0.3, -0.25) is 0 Å². The molecule has 0 aliphatic rings. The van der Waals surface area contributed by atoms with Gasteiger partial charge in [0.15, 0.2) is 0 Å². The third kappa shape index (κ3) is 1.81. The molecule has 0 fully saturated rings. The monoisotopic (exact) mass is 194 g/mol. The molecule has 14 heavy (non-hydrogen) atoms. The SMILES string of the molecule is CO[C@@](C)(c1ccccc1)C(C)(C)O. The summed E-state index contributed by atoms with van der Waals surface area (Å²) in [4.78, 5) is 0. The Morgan fingerprint density at radius 3 is 1.93 bits per heavy atom. The fourth-order valence-corrected chi connectivity index (χ4v) is 1.48. The van der Waals surface area contributed by atoms with Crippen molar-refractivity contribution in [1.29, 1.82) is 0 Å². The molecule has 0 radical (unpaired) electrons. The summed E-state index contributed by atoms with van der Waals surface area (Å²) in [5.41, 5.74) is -0.604. The summed E-state index contributed by atoms with van der Waals surface area (Å²) in [5.74, 6) is 0. The van der Waals surface area contributed by atoms with Crippen molar-refractivity contribution in [2.75, 3.05) is 7.11 Å². The minimum Gasteiger partial charge on any atom is -0.387 e. The van der Waals surface area contributed by atoms with E-state index in [4.69, 9.17) is 4.74 Å². The van der Waals surface area contributed by atoms with Gasteiger partial charge in [-0.25, -0.2) is 0 Å². The van der Waals surface area contributed by atoms with Gasteiger partial charge in [0.25, 0.3) is 0 Å². The molecular formula is C12H18O2. The van der Waals surface area contributed by atoms with Gasteiger partial charge in [-0.05, 0) is 26.3 Å². The van der Waals surface area contributed by atoms with E-state index in [1.165, 1.54) is 0 Å². The van der Waals surface area contributed by atoms with Gasteiger partial charge in [-0.1, -0.05) is 30.3 Å². The summed E-state index contributed by atoms with van der Waals surface area (Å²) in [6.07, 6.45) is 0. The first-order valence-electron chi connectivity index (χ1n) is 4.75. The minimum absolute atomic E-state index is 0.672. The van der Waals surface area contributed by atoms with Gasteiger partial charge in [0.05, 0.1) is 5.60 Å². The third-order valence-corrected chi connectivity index (χ3v) is 2.90. The van der Waals surface area contributed by atoms with Crippen LogP contribution in [0.15, 0.2) is 30.3 Å². The van der Waals surface area contributed by atoms with E-state index in [0.717, 1.165) is 5.56 Å². The molecule has 2 nitrogen and oxygen atoms in total. The Morgan fingerprint density at radius 1 is 1.07 bits per heavy atom. The molecule has 1 atom stereocenters. The number of methoxy groups -OCH3 is 1. The summed E-state index contributed by atoms with van der Waals surface area (Å²) in [5, 5.41) is 10.1. The Bertz CT molecular complexity index is 287. The van der Waals surface area contributed by atoms with Crippen molar-refractivity contribution < 1.29 is 9.84 Å². The van der Waals surface area contributed by atoms with Crippen molar-refractivity contribution >= 4 is 0 Å². The van der Waals surface area contributed by atoms with Crippen LogP contribution in [0.1, 0.15) is 26.3 Å². The van der Waals surface area contributed by atoms with Gasteiger partial charge in [0.1, 0.15) is 5.60 Å². The highest BCUT2D eigenvalue weighted by Gasteiger charge is 2.41. The molecule has 0 bridgehead atoms.